The van der Waals surface area contributed by atoms with Crippen LogP contribution in [0.15, 0.2) is 18.2 Å². The van der Waals surface area contributed by atoms with E-state index in [-0.39, 0.29) is 11.5 Å². The minimum Gasteiger partial charge on any atom is -0.493 e. The second kappa shape index (κ2) is 6.64. The first-order valence-electron chi connectivity index (χ1n) is 5.66. The molecular weight excluding hydrogens is 236 g/mol. The van der Waals surface area contributed by atoms with Crippen molar-refractivity contribution in [2.75, 3.05) is 6.61 Å². The van der Waals surface area contributed by atoms with Crippen LogP contribution in [0.1, 0.15) is 27.2 Å². The fourth-order valence-electron chi connectivity index (χ4n) is 1.27. The molecule has 0 aliphatic rings. The third-order valence-corrected chi connectivity index (χ3v) is 1.90. The SMILES string of the molecule is CCCOc1ccc(OC(C)=O)c(OC(C)=O)c1. The van der Waals surface area contributed by atoms with E-state index in [2.05, 4.69) is 0 Å². The summed E-state index contributed by atoms with van der Waals surface area (Å²) in [7, 11) is 0. The van der Waals surface area contributed by atoms with Gasteiger partial charge in [0.05, 0.1) is 6.61 Å². The van der Waals surface area contributed by atoms with Gasteiger partial charge in [-0.15, -0.1) is 0 Å². The van der Waals surface area contributed by atoms with Crippen LogP contribution < -0.4 is 14.2 Å². The number of benzene rings is 1. The summed E-state index contributed by atoms with van der Waals surface area (Å²) in [5, 5.41) is 0. The number of rotatable bonds is 5. The van der Waals surface area contributed by atoms with Crippen molar-refractivity contribution in [1.29, 1.82) is 0 Å². The van der Waals surface area contributed by atoms with Crippen LogP contribution in [-0.4, -0.2) is 18.5 Å². The van der Waals surface area contributed by atoms with Crippen molar-refractivity contribution in [2.45, 2.75) is 27.2 Å². The Morgan fingerprint density at radius 3 is 2.22 bits per heavy atom. The Morgan fingerprint density at radius 2 is 1.67 bits per heavy atom. The molecule has 5 nitrogen and oxygen atoms in total. The molecule has 0 radical (unpaired) electrons. The maximum atomic E-state index is 11.0. The summed E-state index contributed by atoms with van der Waals surface area (Å²) in [5.41, 5.74) is 0. The predicted molar refractivity (Wildman–Crippen MR) is 64.8 cm³/mol. The highest BCUT2D eigenvalue weighted by Crippen LogP contribution is 2.32. The summed E-state index contributed by atoms with van der Waals surface area (Å²) >= 11 is 0. The zero-order valence-corrected chi connectivity index (χ0v) is 10.7. The highest BCUT2D eigenvalue weighted by Gasteiger charge is 2.11. The van der Waals surface area contributed by atoms with Gasteiger partial charge in [-0.2, -0.15) is 0 Å². The van der Waals surface area contributed by atoms with Crippen molar-refractivity contribution < 1.29 is 23.8 Å². The third kappa shape index (κ3) is 4.45. The van der Waals surface area contributed by atoms with Crippen LogP contribution in [0.2, 0.25) is 0 Å². The van der Waals surface area contributed by atoms with Crippen LogP contribution >= 0.6 is 0 Å². The molecule has 0 unspecified atom stereocenters. The summed E-state index contributed by atoms with van der Waals surface area (Å²) in [5.74, 6) is -0.0430. The van der Waals surface area contributed by atoms with Crippen LogP contribution in [0, 0.1) is 0 Å². The first kappa shape index (κ1) is 14.0. The van der Waals surface area contributed by atoms with Gasteiger partial charge >= 0.3 is 11.9 Å². The summed E-state index contributed by atoms with van der Waals surface area (Å²) in [6.07, 6.45) is 0.870. The molecule has 5 heteroatoms. The average molecular weight is 252 g/mol. The fourth-order valence-corrected chi connectivity index (χ4v) is 1.27. The van der Waals surface area contributed by atoms with E-state index in [0.717, 1.165) is 6.42 Å². The maximum Gasteiger partial charge on any atom is 0.308 e. The molecule has 0 heterocycles. The van der Waals surface area contributed by atoms with Crippen LogP contribution in [0.5, 0.6) is 17.2 Å². The third-order valence-electron chi connectivity index (χ3n) is 1.90. The van der Waals surface area contributed by atoms with E-state index in [1.807, 2.05) is 6.92 Å². The smallest absolute Gasteiger partial charge is 0.308 e. The van der Waals surface area contributed by atoms with Crippen LogP contribution in [0.4, 0.5) is 0 Å². The fraction of sp³-hybridized carbons (Fsp3) is 0.385. The largest absolute Gasteiger partial charge is 0.493 e. The van der Waals surface area contributed by atoms with Gasteiger partial charge in [0.2, 0.25) is 0 Å². The van der Waals surface area contributed by atoms with Gasteiger partial charge in [-0.1, -0.05) is 6.92 Å². The van der Waals surface area contributed by atoms with Crippen molar-refractivity contribution in [3.63, 3.8) is 0 Å². The molecule has 0 aliphatic heterocycles. The molecule has 98 valence electrons. The van der Waals surface area contributed by atoms with Gasteiger partial charge in [-0.3, -0.25) is 9.59 Å². The number of esters is 2. The Hall–Kier alpha value is -2.04. The normalized spacial score (nSPS) is 9.72. The number of ether oxygens (including phenoxy) is 3. The predicted octanol–water partition coefficient (Wildman–Crippen LogP) is 2.33. The Morgan fingerprint density at radius 1 is 1.06 bits per heavy atom. The highest BCUT2D eigenvalue weighted by atomic mass is 16.6. The lowest BCUT2D eigenvalue weighted by atomic mass is 10.3. The standard InChI is InChI=1S/C13H16O5/c1-4-7-16-11-5-6-12(17-9(2)14)13(8-11)18-10(3)15/h5-6,8H,4,7H2,1-3H3. The second-order valence-corrected chi connectivity index (χ2v) is 3.64. The molecular formula is C13H16O5. The van der Waals surface area contributed by atoms with Crippen LogP contribution in [-0.2, 0) is 9.59 Å². The lowest BCUT2D eigenvalue weighted by molar-refractivity contribution is -0.134. The van der Waals surface area contributed by atoms with Gasteiger partial charge in [0.1, 0.15) is 5.75 Å². The van der Waals surface area contributed by atoms with E-state index in [4.69, 9.17) is 14.2 Å². The molecule has 0 fully saturated rings. The topological polar surface area (TPSA) is 61.8 Å². The molecule has 0 atom stereocenters. The molecule has 0 aromatic heterocycles. The molecule has 0 aliphatic carbocycles. The Bertz CT molecular complexity index is 439. The quantitative estimate of drug-likeness (QED) is 0.594. The molecule has 0 bridgehead atoms. The van der Waals surface area contributed by atoms with Gasteiger partial charge in [0.25, 0.3) is 0 Å². The lowest BCUT2D eigenvalue weighted by Crippen LogP contribution is -2.07. The zero-order valence-electron chi connectivity index (χ0n) is 10.7. The average Bonchev–Trinajstić information content (AvgIpc) is 2.28. The van der Waals surface area contributed by atoms with Crippen LogP contribution in [0.3, 0.4) is 0 Å². The Balaban J connectivity index is 2.95. The van der Waals surface area contributed by atoms with E-state index in [9.17, 15) is 9.59 Å². The van der Waals surface area contributed by atoms with Crippen molar-refractivity contribution >= 4 is 11.9 Å². The zero-order chi connectivity index (χ0) is 13.5. The number of hydrogen-bond donors (Lipinski definition) is 0. The molecule has 0 saturated heterocycles. The molecule has 1 rings (SSSR count). The molecule has 0 saturated carbocycles. The van der Waals surface area contributed by atoms with Gasteiger partial charge < -0.3 is 14.2 Å². The van der Waals surface area contributed by atoms with E-state index in [1.54, 1.807) is 6.07 Å². The monoisotopic (exact) mass is 252 g/mol. The minimum absolute atomic E-state index is 0.173. The van der Waals surface area contributed by atoms with Gasteiger partial charge in [-0.05, 0) is 18.6 Å². The molecule has 0 amide bonds. The minimum atomic E-state index is -0.490. The summed E-state index contributed by atoms with van der Waals surface area (Å²) in [6.45, 7) is 5.10. The first-order valence-corrected chi connectivity index (χ1v) is 5.66. The summed E-state index contributed by atoms with van der Waals surface area (Å²) < 4.78 is 15.3. The maximum absolute atomic E-state index is 11.0. The molecule has 1 aromatic rings. The molecule has 1 aromatic carbocycles. The van der Waals surface area contributed by atoms with Gasteiger partial charge in [0, 0.05) is 19.9 Å². The van der Waals surface area contributed by atoms with E-state index in [0.29, 0.717) is 12.4 Å². The number of carbonyl (C=O) groups is 2. The number of carbonyl (C=O) groups excluding carboxylic acids is 2. The Kier molecular flexibility index (Phi) is 5.17. The van der Waals surface area contributed by atoms with Crippen molar-refractivity contribution in [3.8, 4) is 17.2 Å². The van der Waals surface area contributed by atoms with E-state index < -0.39 is 11.9 Å². The summed E-state index contributed by atoms with van der Waals surface area (Å²) in [4.78, 5) is 21.9. The molecule has 0 spiro atoms. The van der Waals surface area contributed by atoms with Gasteiger partial charge in [-0.25, -0.2) is 0 Å². The summed E-state index contributed by atoms with van der Waals surface area (Å²) in [6, 6.07) is 4.71. The molecule has 0 N–H and O–H groups in total. The lowest BCUT2D eigenvalue weighted by Gasteiger charge is -2.11. The molecule has 18 heavy (non-hydrogen) atoms. The van der Waals surface area contributed by atoms with E-state index in [1.165, 1.54) is 26.0 Å². The first-order chi connectivity index (χ1) is 8.52. The number of hydrogen-bond acceptors (Lipinski definition) is 5. The van der Waals surface area contributed by atoms with Crippen molar-refractivity contribution in [2.24, 2.45) is 0 Å². The van der Waals surface area contributed by atoms with Gasteiger partial charge in [0.15, 0.2) is 11.5 Å². The van der Waals surface area contributed by atoms with Crippen LogP contribution in [0.25, 0.3) is 0 Å². The van der Waals surface area contributed by atoms with Crippen molar-refractivity contribution in [3.05, 3.63) is 18.2 Å². The van der Waals surface area contributed by atoms with E-state index >= 15 is 0 Å². The highest BCUT2D eigenvalue weighted by molar-refractivity contribution is 5.73. The second-order valence-electron chi connectivity index (χ2n) is 3.64. The van der Waals surface area contributed by atoms with Crippen molar-refractivity contribution in [1.82, 2.24) is 0 Å². The Labute approximate surface area is 106 Å².